The molecule has 0 saturated heterocycles. The van der Waals surface area contributed by atoms with E-state index >= 15 is 0 Å². The third kappa shape index (κ3) is 4.12. The monoisotopic (exact) mass is 383 g/mol. The molecule has 28 heavy (non-hydrogen) atoms. The number of carbonyl (C=O) groups excluding carboxylic acids is 1. The summed E-state index contributed by atoms with van der Waals surface area (Å²) in [5.74, 6) is -1.62. The molecule has 2 aromatic heterocycles. The van der Waals surface area contributed by atoms with E-state index in [1.807, 2.05) is 35.9 Å². The number of rotatable bonds is 7. The SMILES string of the molecule is Cc1cccn2cc(COc3ccccc3C(=O)NCC(C)(O)C(=O)O)nc12. The van der Waals surface area contributed by atoms with Crippen LogP contribution >= 0.6 is 0 Å². The van der Waals surface area contributed by atoms with E-state index in [0.717, 1.165) is 18.1 Å². The number of aliphatic hydroxyl groups is 1. The fourth-order valence-corrected chi connectivity index (χ4v) is 2.63. The Kier molecular flexibility index (Phi) is 5.32. The molecule has 8 heteroatoms. The van der Waals surface area contributed by atoms with Crippen molar-refractivity contribution in [2.45, 2.75) is 26.1 Å². The van der Waals surface area contributed by atoms with Gasteiger partial charge < -0.3 is 24.7 Å². The number of fused-ring (bicyclic) bond motifs is 1. The summed E-state index contributed by atoms with van der Waals surface area (Å²) >= 11 is 0. The van der Waals surface area contributed by atoms with Gasteiger partial charge in [0.05, 0.1) is 17.8 Å². The molecule has 1 amide bonds. The van der Waals surface area contributed by atoms with Gasteiger partial charge in [-0.2, -0.15) is 0 Å². The van der Waals surface area contributed by atoms with E-state index in [1.165, 1.54) is 0 Å². The Morgan fingerprint density at radius 3 is 2.71 bits per heavy atom. The van der Waals surface area contributed by atoms with Crippen molar-refractivity contribution in [2.24, 2.45) is 0 Å². The quantitative estimate of drug-likeness (QED) is 0.573. The van der Waals surface area contributed by atoms with Gasteiger partial charge in [0.1, 0.15) is 18.0 Å². The number of ether oxygens (including phenoxy) is 1. The molecule has 1 atom stereocenters. The second-order valence-electron chi connectivity index (χ2n) is 6.70. The molecule has 1 unspecified atom stereocenters. The van der Waals surface area contributed by atoms with Crippen LogP contribution in [0.25, 0.3) is 5.65 Å². The van der Waals surface area contributed by atoms with Gasteiger partial charge in [-0.25, -0.2) is 9.78 Å². The number of benzene rings is 1. The molecule has 3 rings (SSSR count). The predicted molar refractivity (Wildman–Crippen MR) is 101 cm³/mol. The van der Waals surface area contributed by atoms with Crippen molar-refractivity contribution in [1.82, 2.24) is 14.7 Å². The number of carbonyl (C=O) groups is 2. The van der Waals surface area contributed by atoms with Crippen LogP contribution in [0.2, 0.25) is 0 Å². The van der Waals surface area contributed by atoms with Gasteiger partial charge in [0.25, 0.3) is 5.91 Å². The van der Waals surface area contributed by atoms with Gasteiger partial charge in [0.15, 0.2) is 5.60 Å². The number of hydrogen-bond acceptors (Lipinski definition) is 5. The fraction of sp³-hybridized carbons (Fsp3) is 0.250. The highest BCUT2D eigenvalue weighted by Crippen LogP contribution is 2.20. The van der Waals surface area contributed by atoms with Crippen LogP contribution in [0.3, 0.4) is 0 Å². The summed E-state index contributed by atoms with van der Waals surface area (Å²) in [5, 5.41) is 21.1. The van der Waals surface area contributed by atoms with Crippen LogP contribution in [0, 0.1) is 6.92 Å². The molecule has 0 saturated carbocycles. The molecule has 3 aromatic rings. The van der Waals surface area contributed by atoms with Gasteiger partial charge in [0.2, 0.25) is 0 Å². The summed E-state index contributed by atoms with van der Waals surface area (Å²) in [6.45, 7) is 2.82. The topological polar surface area (TPSA) is 113 Å². The second-order valence-corrected chi connectivity index (χ2v) is 6.70. The third-order valence-electron chi connectivity index (χ3n) is 4.29. The van der Waals surface area contributed by atoms with Crippen LogP contribution < -0.4 is 10.1 Å². The molecule has 0 radical (unpaired) electrons. The Hall–Kier alpha value is -3.39. The van der Waals surface area contributed by atoms with Gasteiger partial charge >= 0.3 is 5.97 Å². The standard InChI is InChI=1S/C20H21N3O5/c1-13-6-5-9-23-10-14(22-17(13)23)11-28-16-8-4-3-7-15(16)18(24)21-12-20(2,27)19(25)26/h3-10,27H,11-12H2,1-2H3,(H,21,24)(H,25,26). The molecule has 0 fully saturated rings. The first-order valence-corrected chi connectivity index (χ1v) is 8.67. The highest BCUT2D eigenvalue weighted by Gasteiger charge is 2.30. The number of carboxylic acid groups (broad SMARTS) is 1. The van der Waals surface area contributed by atoms with Gasteiger partial charge in [-0.3, -0.25) is 4.79 Å². The van der Waals surface area contributed by atoms with Crippen molar-refractivity contribution >= 4 is 17.5 Å². The average molecular weight is 383 g/mol. The zero-order valence-electron chi connectivity index (χ0n) is 15.5. The molecular weight excluding hydrogens is 362 g/mol. The minimum absolute atomic E-state index is 0.165. The maximum atomic E-state index is 12.4. The first kappa shape index (κ1) is 19.4. The Morgan fingerprint density at radius 1 is 1.25 bits per heavy atom. The number of nitrogens with zero attached hydrogens (tertiary/aromatic N) is 2. The minimum atomic E-state index is -2.06. The van der Waals surface area contributed by atoms with Crippen molar-refractivity contribution in [2.75, 3.05) is 6.54 Å². The van der Waals surface area contributed by atoms with Crippen LogP contribution in [0.15, 0.2) is 48.8 Å². The molecule has 0 aliphatic carbocycles. The summed E-state index contributed by atoms with van der Waals surface area (Å²) in [6, 6.07) is 10.5. The Balaban J connectivity index is 1.72. The van der Waals surface area contributed by atoms with Gasteiger partial charge in [-0.1, -0.05) is 18.2 Å². The molecule has 8 nitrogen and oxygen atoms in total. The van der Waals surface area contributed by atoms with Gasteiger partial charge in [0, 0.05) is 12.4 Å². The summed E-state index contributed by atoms with van der Waals surface area (Å²) in [5.41, 5.74) is 0.767. The van der Waals surface area contributed by atoms with E-state index < -0.39 is 24.0 Å². The lowest BCUT2D eigenvalue weighted by atomic mass is 10.1. The summed E-state index contributed by atoms with van der Waals surface area (Å²) in [6.07, 6.45) is 3.75. The maximum Gasteiger partial charge on any atom is 0.337 e. The molecule has 0 aliphatic rings. The van der Waals surface area contributed by atoms with E-state index in [1.54, 1.807) is 24.3 Å². The molecule has 1 aromatic carbocycles. The number of imidazole rings is 1. The first-order chi connectivity index (χ1) is 13.3. The normalized spacial score (nSPS) is 13.1. The summed E-state index contributed by atoms with van der Waals surface area (Å²) in [4.78, 5) is 27.9. The van der Waals surface area contributed by atoms with Crippen molar-refractivity contribution < 1.29 is 24.5 Å². The number of pyridine rings is 1. The number of aromatic nitrogens is 2. The Labute approximate surface area is 161 Å². The smallest absolute Gasteiger partial charge is 0.337 e. The molecule has 0 aliphatic heterocycles. The predicted octanol–water partition coefficient (Wildman–Crippen LogP) is 1.79. The van der Waals surface area contributed by atoms with Crippen LogP contribution in [-0.2, 0) is 11.4 Å². The number of hydrogen-bond donors (Lipinski definition) is 3. The van der Waals surface area contributed by atoms with E-state index in [-0.39, 0.29) is 12.2 Å². The number of aliphatic carboxylic acids is 1. The number of para-hydroxylation sites is 1. The van der Waals surface area contributed by atoms with Crippen LogP contribution in [-0.4, -0.2) is 43.6 Å². The summed E-state index contributed by atoms with van der Waals surface area (Å²) in [7, 11) is 0. The number of amides is 1. The lowest BCUT2D eigenvalue weighted by Gasteiger charge is -2.19. The van der Waals surface area contributed by atoms with Gasteiger partial charge in [-0.05, 0) is 37.6 Å². The zero-order chi connectivity index (χ0) is 20.3. The van der Waals surface area contributed by atoms with Crippen molar-refractivity contribution in [3.8, 4) is 5.75 Å². The van der Waals surface area contributed by atoms with Crippen LogP contribution in [0.5, 0.6) is 5.75 Å². The molecule has 0 spiro atoms. The number of carboxylic acids is 1. The van der Waals surface area contributed by atoms with Crippen molar-refractivity contribution in [3.63, 3.8) is 0 Å². The Bertz CT molecular complexity index is 1030. The average Bonchev–Trinajstić information content (AvgIpc) is 3.09. The van der Waals surface area contributed by atoms with Crippen molar-refractivity contribution in [1.29, 1.82) is 0 Å². The third-order valence-corrected chi connectivity index (χ3v) is 4.29. The molecule has 3 N–H and O–H groups in total. The minimum Gasteiger partial charge on any atom is -0.486 e. The van der Waals surface area contributed by atoms with Crippen LogP contribution in [0.1, 0.15) is 28.5 Å². The van der Waals surface area contributed by atoms with Crippen molar-refractivity contribution in [3.05, 3.63) is 65.6 Å². The van der Waals surface area contributed by atoms with E-state index in [2.05, 4.69) is 10.3 Å². The highest BCUT2D eigenvalue weighted by atomic mass is 16.5. The molecule has 146 valence electrons. The summed E-state index contributed by atoms with van der Waals surface area (Å²) < 4.78 is 7.68. The highest BCUT2D eigenvalue weighted by molar-refractivity contribution is 5.97. The fourth-order valence-electron chi connectivity index (χ4n) is 2.63. The molecule has 2 heterocycles. The number of nitrogens with one attached hydrogen (secondary N) is 1. The zero-order valence-corrected chi connectivity index (χ0v) is 15.5. The first-order valence-electron chi connectivity index (χ1n) is 8.67. The van der Waals surface area contributed by atoms with E-state index in [0.29, 0.717) is 11.4 Å². The van der Waals surface area contributed by atoms with E-state index in [4.69, 9.17) is 9.84 Å². The lowest BCUT2D eigenvalue weighted by Crippen LogP contribution is -2.46. The maximum absolute atomic E-state index is 12.4. The van der Waals surface area contributed by atoms with E-state index in [9.17, 15) is 14.7 Å². The largest absolute Gasteiger partial charge is 0.486 e. The second kappa shape index (κ2) is 7.69. The van der Waals surface area contributed by atoms with Gasteiger partial charge in [-0.15, -0.1) is 0 Å². The number of aryl methyl sites for hydroxylation is 1. The van der Waals surface area contributed by atoms with Crippen LogP contribution in [0.4, 0.5) is 0 Å². The Morgan fingerprint density at radius 2 is 2.00 bits per heavy atom. The lowest BCUT2D eigenvalue weighted by molar-refractivity contribution is -0.155. The molecule has 0 bridgehead atoms. The molecular formula is C20H21N3O5.